The predicted molar refractivity (Wildman–Crippen MR) is 73.6 cm³/mol. The highest BCUT2D eigenvalue weighted by Gasteiger charge is 2.46. The SMILES string of the molecule is CCN1CCC2(CC1)NC1(CCCCC1)CCO2. The van der Waals surface area contributed by atoms with Crippen molar-refractivity contribution in [2.75, 3.05) is 26.2 Å². The van der Waals surface area contributed by atoms with Gasteiger partial charge in [0, 0.05) is 31.5 Å². The molecule has 2 spiro atoms. The molecule has 1 N–H and O–H groups in total. The van der Waals surface area contributed by atoms with Gasteiger partial charge in [0.15, 0.2) is 0 Å². The molecule has 0 atom stereocenters. The molecule has 3 heteroatoms. The largest absolute Gasteiger partial charge is 0.360 e. The van der Waals surface area contributed by atoms with E-state index in [1.54, 1.807) is 0 Å². The van der Waals surface area contributed by atoms with E-state index in [4.69, 9.17) is 4.74 Å². The third kappa shape index (κ3) is 2.45. The summed E-state index contributed by atoms with van der Waals surface area (Å²) in [5.41, 5.74) is 0.437. The summed E-state index contributed by atoms with van der Waals surface area (Å²) in [6.45, 7) is 6.80. The first kappa shape index (κ1) is 12.9. The van der Waals surface area contributed by atoms with Crippen LogP contribution in [0.2, 0.25) is 0 Å². The van der Waals surface area contributed by atoms with E-state index in [1.807, 2.05) is 0 Å². The maximum Gasteiger partial charge on any atom is 0.122 e. The van der Waals surface area contributed by atoms with Crippen molar-refractivity contribution in [3.8, 4) is 0 Å². The van der Waals surface area contributed by atoms with Crippen LogP contribution in [0.15, 0.2) is 0 Å². The molecule has 1 saturated carbocycles. The van der Waals surface area contributed by atoms with Gasteiger partial charge in [-0.15, -0.1) is 0 Å². The average Bonchev–Trinajstić information content (AvgIpc) is 2.40. The van der Waals surface area contributed by atoms with Gasteiger partial charge in [-0.3, -0.25) is 5.32 Å². The molecule has 3 rings (SSSR count). The zero-order valence-corrected chi connectivity index (χ0v) is 11.8. The number of rotatable bonds is 1. The summed E-state index contributed by atoms with van der Waals surface area (Å²) < 4.78 is 6.19. The molecular weight excluding hydrogens is 224 g/mol. The molecule has 0 aromatic heterocycles. The van der Waals surface area contributed by atoms with Crippen molar-refractivity contribution in [3.05, 3.63) is 0 Å². The Kier molecular flexibility index (Phi) is 3.65. The molecule has 0 aromatic rings. The number of hydrogen-bond donors (Lipinski definition) is 1. The van der Waals surface area contributed by atoms with Crippen LogP contribution in [-0.4, -0.2) is 42.4 Å². The average molecular weight is 252 g/mol. The van der Waals surface area contributed by atoms with Crippen molar-refractivity contribution >= 4 is 0 Å². The number of hydrogen-bond acceptors (Lipinski definition) is 3. The van der Waals surface area contributed by atoms with E-state index in [0.717, 1.165) is 6.61 Å². The van der Waals surface area contributed by atoms with E-state index in [0.29, 0.717) is 5.54 Å². The van der Waals surface area contributed by atoms with Crippen LogP contribution in [0.1, 0.15) is 58.3 Å². The molecule has 2 saturated heterocycles. The summed E-state index contributed by atoms with van der Waals surface area (Å²) >= 11 is 0. The van der Waals surface area contributed by atoms with Crippen LogP contribution in [0.25, 0.3) is 0 Å². The number of likely N-dealkylation sites (tertiary alicyclic amines) is 1. The lowest BCUT2D eigenvalue weighted by molar-refractivity contribution is -0.163. The Bertz CT molecular complexity index is 273. The Morgan fingerprint density at radius 2 is 1.72 bits per heavy atom. The van der Waals surface area contributed by atoms with E-state index < -0.39 is 0 Å². The van der Waals surface area contributed by atoms with Gasteiger partial charge in [0.25, 0.3) is 0 Å². The molecule has 0 amide bonds. The highest BCUT2D eigenvalue weighted by atomic mass is 16.5. The summed E-state index contributed by atoms with van der Waals surface area (Å²) in [6, 6.07) is 0. The van der Waals surface area contributed by atoms with Crippen molar-refractivity contribution in [1.82, 2.24) is 10.2 Å². The van der Waals surface area contributed by atoms with E-state index >= 15 is 0 Å². The first-order chi connectivity index (χ1) is 8.76. The second kappa shape index (κ2) is 5.10. The summed E-state index contributed by atoms with van der Waals surface area (Å²) in [4.78, 5) is 2.54. The number of nitrogens with one attached hydrogen (secondary N) is 1. The molecule has 0 radical (unpaired) electrons. The molecule has 104 valence electrons. The fourth-order valence-corrected chi connectivity index (χ4v) is 4.13. The fourth-order valence-electron chi connectivity index (χ4n) is 4.13. The maximum atomic E-state index is 6.19. The van der Waals surface area contributed by atoms with Crippen LogP contribution < -0.4 is 5.32 Å². The van der Waals surface area contributed by atoms with Crippen molar-refractivity contribution in [2.45, 2.75) is 69.6 Å². The van der Waals surface area contributed by atoms with Crippen molar-refractivity contribution in [3.63, 3.8) is 0 Å². The van der Waals surface area contributed by atoms with Gasteiger partial charge in [-0.25, -0.2) is 0 Å². The molecule has 0 aromatic carbocycles. The normalized spacial score (nSPS) is 31.8. The lowest BCUT2D eigenvalue weighted by atomic mass is 9.76. The highest BCUT2D eigenvalue weighted by molar-refractivity contribution is 5.00. The molecule has 1 aliphatic carbocycles. The number of nitrogens with zero attached hydrogens (tertiary/aromatic N) is 1. The minimum absolute atomic E-state index is 0.0151. The standard InChI is InChI=1S/C15H28N2O/c1-2-17-11-8-15(9-12-17)16-14(10-13-18-15)6-4-3-5-7-14/h16H,2-13H2,1H3. The van der Waals surface area contributed by atoms with Crippen molar-refractivity contribution in [1.29, 1.82) is 0 Å². The van der Waals surface area contributed by atoms with Crippen LogP contribution in [0.5, 0.6) is 0 Å². The van der Waals surface area contributed by atoms with Gasteiger partial charge in [-0.05, 0) is 25.8 Å². The Morgan fingerprint density at radius 1 is 1.00 bits per heavy atom. The molecule has 18 heavy (non-hydrogen) atoms. The summed E-state index contributed by atoms with van der Waals surface area (Å²) in [7, 11) is 0. The number of piperidine rings is 1. The van der Waals surface area contributed by atoms with Gasteiger partial charge in [0.05, 0.1) is 6.61 Å². The Balaban J connectivity index is 1.66. The molecule has 3 nitrogen and oxygen atoms in total. The minimum Gasteiger partial charge on any atom is -0.360 e. The van der Waals surface area contributed by atoms with E-state index in [2.05, 4.69) is 17.1 Å². The molecule has 3 fully saturated rings. The van der Waals surface area contributed by atoms with Gasteiger partial charge >= 0.3 is 0 Å². The van der Waals surface area contributed by atoms with Crippen molar-refractivity contribution < 1.29 is 4.74 Å². The Labute approximate surface area is 111 Å². The highest BCUT2D eigenvalue weighted by Crippen LogP contribution is 2.39. The van der Waals surface area contributed by atoms with Gasteiger partial charge in [0.2, 0.25) is 0 Å². The van der Waals surface area contributed by atoms with Gasteiger partial charge in [-0.1, -0.05) is 26.2 Å². The summed E-state index contributed by atoms with van der Waals surface area (Å²) in [6.07, 6.45) is 10.6. The maximum absolute atomic E-state index is 6.19. The zero-order valence-electron chi connectivity index (χ0n) is 11.8. The van der Waals surface area contributed by atoms with E-state index in [1.165, 1.54) is 71.0 Å². The fraction of sp³-hybridized carbons (Fsp3) is 1.00. The molecule has 3 aliphatic rings. The Hall–Kier alpha value is -0.120. The molecule has 2 heterocycles. The smallest absolute Gasteiger partial charge is 0.122 e. The second-order valence-electron chi connectivity index (χ2n) is 6.49. The van der Waals surface area contributed by atoms with Crippen LogP contribution in [0.3, 0.4) is 0 Å². The Morgan fingerprint density at radius 3 is 2.39 bits per heavy atom. The first-order valence-corrected chi connectivity index (χ1v) is 7.92. The lowest BCUT2D eigenvalue weighted by Crippen LogP contribution is -2.67. The lowest BCUT2D eigenvalue weighted by Gasteiger charge is -2.53. The quantitative estimate of drug-likeness (QED) is 0.776. The van der Waals surface area contributed by atoms with Gasteiger partial charge < -0.3 is 9.64 Å². The summed E-state index contributed by atoms with van der Waals surface area (Å²) in [5.74, 6) is 0. The van der Waals surface area contributed by atoms with Crippen LogP contribution in [-0.2, 0) is 4.74 Å². The molecular formula is C15H28N2O. The van der Waals surface area contributed by atoms with E-state index in [9.17, 15) is 0 Å². The first-order valence-electron chi connectivity index (χ1n) is 7.92. The topological polar surface area (TPSA) is 24.5 Å². The molecule has 0 bridgehead atoms. The van der Waals surface area contributed by atoms with Crippen LogP contribution >= 0.6 is 0 Å². The second-order valence-corrected chi connectivity index (χ2v) is 6.49. The van der Waals surface area contributed by atoms with Gasteiger partial charge in [0.1, 0.15) is 5.72 Å². The van der Waals surface area contributed by atoms with Crippen LogP contribution in [0, 0.1) is 0 Å². The predicted octanol–water partition coefficient (Wildman–Crippen LogP) is 2.51. The minimum atomic E-state index is 0.0151. The monoisotopic (exact) mass is 252 g/mol. The third-order valence-corrected chi connectivity index (χ3v) is 5.37. The summed E-state index contributed by atoms with van der Waals surface area (Å²) in [5, 5.41) is 3.98. The molecule has 0 unspecified atom stereocenters. The molecule has 2 aliphatic heterocycles. The number of ether oxygens (including phenoxy) is 1. The zero-order chi connectivity index (χ0) is 12.5. The van der Waals surface area contributed by atoms with Gasteiger partial charge in [-0.2, -0.15) is 0 Å². The van der Waals surface area contributed by atoms with E-state index in [-0.39, 0.29) is 5.72 Å². The van der Waals surface area contributed by atoms with Crippen molar-refractivity contribution in [2.24, 2.45) is 0 Å². The van der Waals surface area contributed by atoms with Crippen LogP contribution in [0.4, 0.5) is 0 Å². The third-order valence-electron chi connectivity index (χ3n) is 5.37.